The summed E-state index contributed by atoms with van der Waals surface area (Å²) in [6, 6.07) is 6.89. The number of halogens is 1. The molecule has 1 N–H and O–H groups in total. The molecule has 0 aliphatic carbocycles. The van der Waals surface area contributed by atoms with E-state index in [2.05, 4.69) is 10.1 Å². The van der Waals surface area contributed by atoms with Gasteiger partial charge in [0.1, 0.15) is 11.9 Å². The third kappa shape index (κ3) is 6.04. The van der Waals surface area contributed by atoms with Crippen LogP contribution in [0.25, 0.3) is 0 Å². The van der Waals surface area contributed by atoms with Gasteiger partial charge in [0.05, 0.1) is 19.6 Å². The molecule has 6 heteroatoms. The van der Waals surface area contributed by atoms with Gasteiger partial charge in [-0.3, -0.25) is 4.79 Å². The monoisotopic (exact) mass is 292 g/mol. The maximum absolute atomic E-state index is 13.0. The van der Waals surface area contributed by atoms with Crippen molar-refractivity contribution in [2.75, 3.05) is 7.11 Å². The number of nitrogens with zero attached hydrogens (tertiary/aromatic N) is 1. The number of nitriles is 1. The van der Waals surface area contributed by atoms with Gasteiger partial charge in [-0.05, 0) is 30.5 Å². The molecule has 1 rings (SSSR count). The molecule has 0 unspecified atom stereocenters. The Balaban J connectivity index is 2.59. The van der Waals surface area contributed by atoms with Gasteiger partial charge in [-0.25, -0.2) is 9.18 Å². The summed E-state index contributed by atoms with van der Waals surface area (Å²) < 4.78 is 17.6. The second-order valence-electron chi connectivity index (χ2n) is 4.50. The third-order valence-electron chi connectivity index (χ3n) is 2.86. The van der Waals surface area contributed by atoms with Crippen LogP contribution in [-0.4, -0.2) is 25.0 Å². The summed E-state index contributed by atoms with van der Waals surface area (Å²) in [4.78, 5) is 23.4. The number of hydrogen-bond acceptors (Lipinski definition) is 4. The van der Waals surface area contributed by atoms with Crippen LogP contribution in [0.3, 0.4) is 0 Å². The minimum absolute atomic E-state index is 0.0243. The van der Waals surface area contributed by atoms with Crippen LogP contribution in [0, 0.1) is 17.1 Å². The summed E-state index contributed by atoms with van der Waals surface area (Å²) in [5, 5.41) is 11.0. The molecule has 0 heterocycles. The van der Waals surface area contributed by atoms with Crippen molar-refractivity contribution >= 4 is 11.9 Å². The largest absolute Gasteiger partial charge is 0.467 e. The lowest BCUT2D eigenvalue weighted by Gasteiger charge is -2.16. The summed E-state index contributed by atoms with van der Waals surface area (Å²) in [7, 11) is 1.23. The standard InChI is InChI=1S/C15H17FN2O3/c1-21-15(20)13(7-2-3-8-17)18-14(19)10-11-5-4-6-12(16)9-11/h4-6,9,13H,2-3,7,10H2,1H3,(H,18,19)/t13-/m0/s1. The highest BCUT2D eigenvalue weighted by molar-refractivity contribution is 5.85. The first-order chi connectivity index (χ1) is 10.1. The lowest BCUT2D eigenvalue weighted by Crippen LogP contribution is -2.42. The van der Waals surface area contributed by atoms with Crippen molar-refractivity contribution in [3.63, 3.8) is 0 Å². The molecule has 5 nitrogen and oxygen atoms in total. The van der Waals surface area contributed by atoms with E-state index in [0.717, 1.165) is 0 Å². The lowest BCUT2D eigenvalue weighted by atomic mass is 10.1. The number of ether oxygens (including phenoxy) is 1. The number of rotatable bonds is 7. The minimum atomic E-state index is -0.788. The van der Waals surface area contributed by atoms with Crippen LogP contribution in [0.2, 0.25) is 0 Å². The zero-order valence-electron chi connectivity index (χ0n) is 11.8. The zero-order valence-corrected chi connectivity index (χ0v) is 11.8. The Bertz CT molecular complexity index is 540. The smallest absolute Gasteiger partial charge is 0.328 e. The Morgan fingerprint density at radius 2 is 2.24 bits per heavy atom. The molecule has 0 fully saturated rings. The number of esters is 1. The molecular formula is C15H17FN2O3. The SMILES string of the molecule is COC(=O)[C@H](CCCC#N)NC(=O)Cc1cccc(F)c1. The molecule has 112 valence electrons. The number of benzene rings is 1. The van der Waals surface area contributed by atoms with E-state index in [1.807, 2.05) is 6.07 Å². The lowest BCUT2D eigenvalue weighted by molar-refractivity contribution is -0.145. The predicted molar refractivity (Wildman–Crippen MR) is 73.5 cm³/mol. The summed E-state index contributed by atoms with van der Waals surface area (Å²) in [5.74, 6) is -1.37. The predicted octanol–water partition coefficient (Wildman–Crippen LogP) is 1.72. The summed E-state index contributed by atoms with van der Waals surface area (Å²) >= 11 is 0. The normalized spacial score (nSPS) is 11.3. The van der Waals surface area contributed by atoms with E-state index in [-0.39, 0.29) is 6.42 Å². The van der Waals surface area contributed by atoms with Crippen LogP contribution in [0.1, 0.15) is 24.8 Å². The number of carbonyl (C=O) groups excluding carboxylic acids is 2. The van der Waals surface area contributed by atoms with Gasteiger partial charge < -0.3 is 10.1 Å². The fraction of sp³-hybridized carbons (Fsp3) is 0.400. The zero-order chi connectivity index (χ0) is 15.7. The first-order valence-electron chi connectivity index (χ1n) is 6.55. The van der Waals surface area contributed by atoms with Crippen LogP contribution in [0.15, 0.2) is 24.3 Å². The van der Waals surface area contributed by atoms with Crippen molar-refractivity contribution in [1.29, 1.82) is 5.26 Å². The van der Waals surface area contributed by atoms with E-state index in [1.54, 1.807) is 6.07 Å². The molecule has 0 aliphatic rings. The summed E-state index contributed by atoms with van der Waals surface area (Å²) in [6.45, 7) is 0. The van der Waals surface area contributed by atoms with Crippen LogP contribution < -0.4 is 5.32 Å². The highest BCUT2D eigenvalue weighted by Gasteiger charge is 2.21. The molecule has 0 saturated carbocycles. The third-order valence-corrected chi connectivity index (χ3v) is 2.86. The average Bonchev–Trinajstić information content (AvgIpc) is 2.45. The van der Waals surface area contributed by atoms with E-state index in [0.29, 0.717) is 24.8 Å². The topological polar surface area (TPSA) is 79.2 Å². The van der Waals surface area contributed by atoms with Crippen LogP contribution in [0.5, 0.6) is 0 Å². The Kier molecular flexibility index (Phi) is 6.88. The van der Waals surface area contributed by atoms with Gasteiger partial charge in [0, 0.05) is 6.42 Å². The van der Waals surface area contributed by atoms with Crippen LogP contribution in [0.4, 0.5) is 4.39 Å². The molecule has 1 aromatic rings. The first kappa shape index (κ1) is 16.6. The Morgan fingerprint density at radius 3 is 2.86 bits per heavy atom. The fourth-order valence-electron chi connectivity index (χ4n) is 1.85. The average molecular weight is 292 g/mol. The number of carbonyl (C=O) groups is 2. The molecule has 1 amide bonds. The van der Waals surface area contributed by atoms with E-state index >= 15 is 0 Å². The molecule has 0 aromatic heterocycles. The molecular weight excluding hydrogens is 275 g/mol. The van der Waals surface area contributed by atoms with Crippen molar-refractivity contribution in [2.45, 2.75) is 31.7 Å². The van der Waals surface area contributed by atoms with E-state index in [4.69, 9.17) is 5.26 Å². The molecule has 0 saturated heterocycles. The second kappa shape index (κ2) is 8.69. The fourth-order valence-corrected chi connectivity index (χ4v) is 1.85. The van der Waals surface area contributed by atoms with Gasteiger partial charge in [0.2, 0.25) is 5.91 Å². The molecule has 21 heavy (non-hydrogen) atoms. The van der Waals surface area contributed by atoms with Crippen molar-refractivity contribution in [1.82, 2.24) is 5.32 Å². The molecule has 0 bridgehead atoms. The summed E-state index contributed by atoms with van der Waals surface area (Å²) in [5.41, 5.74) is 0.521. The van der Waals surface area contributed by atoms with Gasteiger partial charge >= 0.3 is 5.97 Å². The quantitative estimate of drug-likeness (QED) is 0.613. The highest BCUT2D eigenvalue weighted by Crippen LogP contribution is 2.06. The highest BCUT2D eigenvalue weighted by atomic mass is 19.1. The van der Waals surface area contributed by atoms with Gasteiger partial charge in [0.15, 0.2) is 0 Å². The number of unbranched alkanes of at least 4 members (excludes halogenated alkanes) is 1. The minimum Gasteiger partial charge on any atom is -0.467 e. The van der Waals surface area contributed by atoms with E-state index in [9.17, 15) is 14.0 Å². The van der Waals surface area contributed by atoms with Gasteiger partial charge in [0.25, 0.3) is 0 Å². The number of methoxy groups -OCH3 is 1. The molecule has 1 atom stereocenters. The van der Waals surface area contributed by atoms with E-state index in [1.165, 1.54) is 25.3 Å². The van der Waals surface area contributed by atoms with Crippen molar-refractivity contribution in [2.24, 2.45) is 0 Å². The summed E-state index contributed by atoms with van der Waals surface area (Å²) in [6.07, 6.45) is 1.09. The van der Waals surface area contributed by atoms with E-state index < -0.39 is 23.7 Å². The maximum atomic E-state index is 13.0. The van der Waals surface area contributed by atoms with Gasteiger partial charge in [-0.1, -0.05) is 12.1 Å². The van der Waals surface area contributed by atoms with Gasteiger partial charge in [-0.15, -0.1) is 0 Å². The van der Waals surface area contributed by atoms with Gasteiger partial charge in [-0.2, -0.15) is 5.26 Å². The first-order valence-corrected chi connectivity index (χ1v) is 6.55. The molecule has 1 aromatic carbocycles. The second-order valence-corrected chi connectivity index (χ2v) is 4.50. The van der Waals surface area contributed by atoms with Crippen molar-refractivity contribution in [3.05, 3.63) is 35.6 Å². The Hall–Kier alpha value is -2.42. The maximum Gasteiger partial charge on any atom is 0.328 e. The number of nitrogens with one attached hydrogen (secondary N) is 1. The number of hydrogen-bond donors (Lipinski definition) is 1. The van der Waals surface area contributed by atoms with Crippen LogP contribution >= 0.6 is 0 Å². The van der Waals surface area contributed by atoms with Crippen molar-refractivity contribution in [3.8, 4) is 6.07 Å². The Labute approximate surface area is 122 Å². The molecule has 0 spiro atoms. The Morgan fingerprint density at radius 1 is 1.48 bits per heavy atom. The van der Waals surface area contributed by atoms with Crippen LogP contribution in [-0.2, 0) is 20.7 Å². The van der Waals surface area contributed by atoms with Crippen molar-refractivity contribution < 1.29 is 18.7 Å². The molecule has 0 aliphatic heterocycles. The number of amides is 1. The molecule has 0 radical (unpaired) electrons.